The van der Waals surface area contributed by atoms with Crippen LogP contribution in [0.5, 0.6) is 5.75 Å². The van der Waals surface area contributed by atoms with E-state index in [2.05, 4.69) is 15.5 Å². The van der Waals surface area contributed by atoms with Gasteiger partial charge in [0.15, 0.2) is 17.1 Å². The third kappa shape index (κ3) is 3.80. The van der Waals surface area contributed by atoms with Gasteiger partial charge in [0, 0.05) is 12.1 Å². The zero-order valence-corrected chi connectivity index (χ0v) is 17.0. The van der Waals surface area contributed by atoms with Crippen molar-refractivity contribution in [1.29, 1.82) is 0 Å². The van der Waals surface area contributed by atoms with Crippen LogP contribution in [0.1, 0.15) is 37.6 Å². The Balaban J connectivity index is 1.38. The normalized spacial score (nSPS) is 18.1. The highest BCUT2D eigenvalue weighted by Crippen LogP contribution is 2.59. The van der Waals surface area contributed by atoms with E-state index in [9.17, 15) is 4.79 Å². The first kappa shape index (κ1) is 19.0. The molecule has 1 aliphatic carbocycles. The lowest BCUT2D eigenvalue weighted by Crippen LogP contribution is -2.46. The molecule has 0 bridgehead atoms. The minimum absolute atomic E-state index is 0.152. The maximum atomic E-state index is 12.6. The van der Waals surface area contributed by atoms with Crippen molar-refractivity contribution in [2.24, 2.45) is 0 Å². The summed E-state index contributed by atoms with van der Waals surface area (Å²) in [5.41, 5.74) is 0.749. The van der Waals surface area contributed by atoms with Gasteiger partial charge in [0.25, 0.3) is 5.91 Å². The monoisotopic (exact) mass is 418 g/mol. The number of fused-ring (bicyclic) bond motifs is 1. The van der Waals surface area contributed by atoms with E-state index in [0.29, 0.717) is 11.6 Å². The van der Waals surface area contributed by atoms with Crippen LogP contribution in [-0.2, 0) is 11.3 Å². The van der Waals surface area contributed by atoms with Gasteiger partial charge in [-0.05, 0) is 50.1 Å². The van der Waals surface area contributed by atoms with Crippen LogP contribution < -0.4 is 10.1 Å². The van der Waals surface area contributed by atoms with Gasteiger partial charge in [-0.1, -0.05) is 18.2 Å². The SMILES string of the molecule is CC(C)(Oc1ccc(C2CC2(Cl)Cl)cc1)C(=O)NCc1nnc2ccccn12. The first-order valence-corrected chi connectivity index (χ1v) is 9.76. The summed E-state index contributed by atoms with van der Waals surface area (Å²) in [5.74, 6) is 1.16. The number of carbonyl (C=O) groups excluding carboxylic acids is 1. The number of aromatic nitrogens is 3. The molecule has 0 spiro atoms. The van der Waals surface area contributed by atoms with Gasteiger partial charge in [-0.15, -0.1) is 33.4 Å². The summed E-state index contributed by atoms with van der Waals surface area (Å²) in [5, 5.41) is 11.1. The van der Waals surface area contributed by atoms with Crippen molar-refractivity contribution in [3.8, 4) is 5.75 Å². The van der Waals surface area contributed by atoms with E-state index in [0.717, 1.165) is 17.6 Å². The Morgan fingerprint density at radius 1 is 1.25 bits per heavy atom. The van der Waals surface area contributed by atoms with E-state index in [1.54, 1.807) is 13.8 Å². The molecule has 2 heterocycles. The van der Waals surface area contributed by atoms with Crippen molar-refractivity contribution in [2.45, 2.75) is 42.7 Å². The second kappa shape index (κ2) is 6.94. The van der Waals surface area contributed by atoms with Crippen LogP contribution in [0.15, 0.2) is 48.7 Å². The Bertz CT molecular complexity index is 1010. The van der Waals surface area contributed by atoms with E-state index in [1.165, 1.54) is 0 Å². The highest BCUT2D eigenvalue weighted by atomic mass is 35.5. The molecule has 3 aromatic rings. The zero-order chi connectivity index (χ0) is 19.9. The average molecular weight is 419 g/mol. The van der Waals surface area contributed by atoms with Crippen molar-refractivity contribution in [2.75, 3.05) is 0 Å². The second-order valence-electron chi connectivity index (χ2n) is 7.43. The Morgan fingerprint density at radius 2 is 1.96 bits per heavy atom. The van der Waals surface area contributed by atoms with Crippen LogP contribution in [0, 0.1) is 0 Å². The van der Waals surface area contributed by atoms with E-state index >= 15 is 0 Å². The Kier molecular flexibility index (Phi) is 4.71. The molecule has 2 aromatic heterocycles. The number of hydrogen-bond acceptors (Lipinski definition) is 4. The van der Waals surface area contributed by atoms with Gasteiger partial charge in [0.2, 0.25) is 0 Å². The molecule has 146 valence electrons. The van der Waals surface area contributed by atoms with Crippen molar-refractivity contribution < 1.29 is 9.53 Å². The van der Waals surface area contributed by atoms with Crippen molar-refractivity contribution in [3.63, 3.8) is 0 Å². The second-order valence-corrected chi connectivity index (χ2v) is 8.97. The van der Waals surface area contributed by atoms with Gasteiger partial charge in [-0.25, -0.2) is 0 Å². The smallest absolute Gasteiger partial charge is 0.263 e. The topological polar surface area (TPSA) is 68.5 Å². The lowest BCUT2D eigenvalue weighted by atomic mass is 10.1. The lowest BCUT2D eigenvalue weighted by Gasteiger charge is -2.25. The quantitative estimate of drug-likeness (QED) is 0.616. The molecule has 1 fully saturated rings. The summed E-state index contributed by atoms with van der Waals surface area (Å²) in [6, 6.07) is 13.2. The zero-order valence-electron chi connectivity index (χ0n) is 15.5. The van der Waals surface area contributed by atoms with Crippen LogP contribution in [-0.4, -0.2) is 30.4 Å². The van der Waals surface area contributed by atoms with Crippen LogP contribution in [0.2, 0.25) is 0 Å². The van der Waals surface area contributed by atoms with Gasteiger partial charge in [0.1, 0.15) is 10.1 Å². The Hall–Kier alpha value is -2.31. The molecule has 1 unspecified atom stereocenters. The largest absolute Gasteiger partial charge is 0.478 e. The molecule has 0 aliphatic heterocycles. The minimum atomic E-state index is -1.05. The number of nitrogens with one attached hydrogen (secondary N) is 1. The number of amides is 1. The van der Waals surface area contributed by atoms with Gasteiger partial charge < -0.3 is 10.1 Å². The van der Waals surface area contributed by atoms with Crippen molar-refractivity contribution in [1.82, 2.24) is 19.9 Å². The number of nitrogens with zero attached hydrogens (tertiary/aromatic N) is 3. The molecule has 1 N–H and O–H groups in total. The number of carbonyl (C=O) groups is 1. The van der Waals surface area contributed by atoms with Gasteiger partial charge >= 0.3 is 0 Å². The first-order chi connectivity index (χ1) is 13.3. The molecule has 1 aliphatic rings. The van der Waals surface area contributed by atoms with Crippen LogP contribution >= 0.6 is 23.2 Å². The van der Waals surface area contributed by atoms with Crippen LogP contribution in [0.25, 0.3) is 5.65 Å². The van der Waals surface area contributed by atoms with Crippen molar-refractivity contribution in [3.05, 3.63) is 60.0 Å². The molecule has 0 saturated heterocycles. The molecule has 6 nitrogen and oxygen atoms in total. The van der Waals surface area contributed by atoms with E-state index in [4.69, 9.17) is 27.9 Å². The van der Waals surface area contributed by atoms with E-state index in [-0.39, 0.29) is 18.4 Å². The number of benzene rings is 1. The molecular formula is C20H20Cl2N4O2. The van der Waals surface area contributed by atoms with Gasteiger partial charge in [-0.2, -0.15) is 0 Å². The molecule has 1 aromatic carbocycles. The molecule has 0 radical (unpaired) electrons. The third-order valence-electron chi connectivity index (χ3n) is 4.82. The highest BCUT2D eigenvalue weighted by molar-refractivity contribution is 6.51. The lowest BCUT2D eigenvalue weighted by molar-refractivity contribution is -0.134. The van der Waals surface area contributed by atoms with E-state index < -0.39 is 9.93 Å². The summed E-state index contributed by atoms with van der Waals surface area (Å²) in [4.78, 5) is 12.6. The molecule has 8 heteroatoms. The fraction of sp³-hybridized carbons (Fsp3) is 0.350. The number of ether oxygens (including phenoxy) is 1. The summed E-state index contributed by atoms with van der Waals surface area (Å²) < 4.78 is 7.08. The predicted molar refractivity (Wildman–Crippen MR) is 108 cm³/mol. The van der Waals surface area contributed by atoms with Crippen LogP contribution in [0.3, 0.4) is 0 Å². The maximum Gasteiger partial charge on any atom is 0.263 e. The molecule has 4 rings (SSSR count). The fourth-order valence-corrected chi connectivity index (χ4v) is 3.63. The summed E-state index contributed by atoms with van der Waals surface area (Å²) in [6.07, 6.45) is 2.61. The molecule has 1 saturated carbocycles. The summed E-state index contributed by atoms with van der Waals surface area (Å²) in [7, 11) is 0. The number of pyridine rings is 1. The van der Waals surface area contributed by atoms with Crippen LogP contribution in [0.4, 0.5) is 0 Å². The molecule has 1 atom stereocenters. The standard InChI is InChI=1S/C20H20Cl2N4O2/c1-19(2,28-14-8-6-13(7-9-14)15-11-20(15,21)22)18(27)23-12-17-25-24-16-5-3-4-10-26(16)17/h3-10,15H,11-12H2,1-2H3,(H,23,27). The van der Waals surface area contributed by atoms with Gasteiger partial charge in [0.05, 0.1) is 6.54 Å². The summed E-state index contributed by atoms with van der Waals surface area (Å²) >= 11 is 12.2. The average Bonchev–Trinajstić information content (AvgIpc) is 3.11. The fourth-order valence-electron chi connectivity index (χ4n) is 3.07. The minimum Gasteiger partial charge on any atom is -0.478 e. The Labute approximate surface area is 172 Å². The Morgan fingerprint density at radius 3 is 2.64 bits per heavy atom. The molecule has 1 amide bonds. The van der Waals surface area contributed by atoms with E-state index in [1.807, 2.05) is 53.1 Å². The number of rotatable bonds is 6. The number of halogens is 2. The number of alkyl halides is 2. The molecule has 28 heavy (non-hydrogen) atoms. The first-order valence-electron chi connectivity index (χ1n) is 9.00. The highest BCUT2D eigenvalue weighted by Gasteiger charge is 2.52. The summed E-state index contributed by atoms with van der Waals surface area (Å²) in [6.45, 7) is 3.70. The van der Waals surface area contributed by atoms with Crippen molar-refractivity contribution >= 4 is 34.8 Å². The molecular weight excluding hydrogens is 399 g/mol. The third-order valence-corrected chi connectivity index (χ3v) is 5.66. The maximum absolute atomic E-state index is 12.6. The van der Waals surface area contributed by atoms with Gasteiger partial charge in [-0.3, -0.25) is 9.20 Å². The predicted octanol–water partition coefficient (Wildman–Crippen LogP) is 3.86. The number of hydrogen-bond donors (Lipinski definition) is 1.